The maximum Gasteiger partial charge on any atom is 0.293 e. The maximum atomic E-state index is 12.8. The number of piperazine rings is 1. The van der Waals surface area contributed by atoms with Crippen LogP contribution in [0.2, 0.25) is 0 Å². The Morgan fingerprint density at radius 3 is 2.30 bits per heavy atom. The first-order valence-corrected chi connectivity index (χ1v) is 11.1. The number of nitrogens with one attached hydrogen (secondary N) is 2. The SMILES string of the molecule is CC(=O)N1CCN(c2ccc(C(=O)NCC(Nc3ccccc3)C(C)C)cc2[N+](=O)[O-])CC1. The molecular weight excluding hydrogens is 422 g/mol. The van der Waals surface area contributed by atoms with Crippen molar-refractivity contribution in [3.63, 3.8) is 0 Å². The molecule has 1 aliphatic rings. The summed E-state index contributed by atoms with van der Waals surface area (Å²) in [6.07, 6.45) is 0. The lowest BCUT2D eigenvalue weighted by molar-refractivity contribution is -0.384. The summed E-state index contributed by atoms with van der Waals surface area (Å²) >= 11 is 0. The third-order valence-electron chi connectivity index (χ3n) is 5.91. The molecule has 0 aromatic heterocycles. The number of hydrogen-bond acceptors (Lipinski definition) is 6. The zero-order valence-electron chi connectivity index (χ0n) is 19.3. The molecule has 1 fully saturated rings. The van der Waals surface area contributed by atoms with Gasteiger partial charge in [-0.3, -0.25) is 19.7 Å². The molecule has 9 heteroatoms. The largest absolute Gasteiger partial charge is 0.380 e. The first-order valence-electron chi connectivity index (χ1n) is 11.1. The molecule has 2 aromatic carbocycles. The number of nitrogens with zero attached hydrogens (tertiary/aromatic N) is 3. The highest BCUT2D eigenvalue weighted by Gasteiger charge is 2.26. The second-order valence-corrected chi connectivity index (χ2v) is 8.52. The fourth-order valence-corrected chi connectivity index (χ4v) is 3.85. The number of rotatable bonds is 8. The van der Waals surface area contributed by atoms with Gasteiger partial charge < -0.3 is 20.4 Å². The Kier molecular flexibility index (Phi) is 7.87. The van der Waals surface area contributed by atoms with Gasteiger partial charge in [0.25, 0.3) is 11.6 Å². The molecule has 9 nitrogen and oxygen atoms in total. The first kappa shape index (κ1) is 24.0. The quantitative estimate of drug-likeness (QED) is 0.470. The molecule has 0 radical (unpaired) electrons. The molecule has 0 spiro atoms. The summed E-state index contributed by atoms with van der Waals surface area (Å²) in [6.45, 7) is 8.08. The van der Waals surface area contributed by atoms with Crippen molar-refractivity contribution < 1.29 is 14.5 Å². The summed E-state index contributed by atoms with van der Waals surface area (Å²) in [6, 6.07) is 14.3. The molecule has 176 valence electrons. The summed E-state index contributed by atoms with van der Waals surface area (Å²) in [7, 11) is 0. The Labute approximate surface area is 193 Å². The number of benzene rings is 2. The van der Waals surface area contributed by atoms with E-state index in [2.05, 4.69) is 24.5 Å². The van der Waals surface area contributed by atoms with Crippen LogP contribution in [0.4, 0.5) is 17.1 Å². The van der Waals surface area contributed by atoms with E-state index in [0.717, 1.165) is 5.69 Å². The molecular formula is C24H31N5O4. The Bertz CT molecular complexity index is 988. The van der Waals surface area contributed by atoms with E-state index in [1.54, 1.807) is 17.0 Å². The number of amides is 2. The predicted octanol–water partition coefficient (Wildman–Crippen LogP) is 3.13. The Balaban J connectivity index is 1.68. The standard InChI is InChI=1S/C24H31N5O4/c1-17(2)21(26-20-7-5-4-6-8-20)16-25-24(31)19-9-10-22(23(15-19)29(32)33)28-13-11-27(12-14-28)18(3)30/h4-10,15,17,21,26H,11-14,16H2,1-3H3,(H,25,31). The van der Waals surface area contributed by atoms with Crippen LogP contribution in [-0.2, 0) is 4.79 Å². The minimum absolute atomic E-state index is 0.00220. The average molecular weight is 454 g/mol. The van der Waals surface area contributed by atoms with E-state index in [0.29, 0.717) is 38.4 Å². The summed E-state index contributed by atoms with van der Waals surface area (Å²) in [4.78, 5) is 39.2. The summed E-state index contributed by atoms with van der Waals surface area (Å²) in [5, 5.41) is 18.1. The molecule has 0 aliphatic carbocycles. The zero-order chi connectivity index (χ0) is 24.0. The van der Waals surface area contributed by atoms with Crippen molar-refractivity contribution in [1.82, 2.24) is 10.2 Å². The van der Waals surface area contributed by atoms with E-state index >= 15 is 0 Å². The van der Waals surface area contributed by atoms with Crippen molar-refractivity contribution in [2.75, 3.05) is 42.9 Å². The van der Waals surface area contributed by atoms with E-state index < -0.39 is 4.92 Å². The lowest BCUT2D eigenvalue weighted by Crippen LogP contribution is -2.48. The highest BCUT2D eigenvalue weighted by Crippen LogP contribution is 2.30. The fraction of sp³-hybridized carbons (Fsp3) is 0.417. The smallest absolute Gasteiger partial charge is 0.293 e. The number of carbonyl (C=O) groups excluding carboxylic acids is 2. The van der Waals surface area contributed by atoms with Crippen LogP contribution in [0.5, 0.6) is 0 Å². The van der Waals surface area contributed by atoms with Crippen LogP contribution in [0.15, 0.2) is 48.5 Å². The van der Waals surface area contributed by atoms with E-state index in [9.17, 15) is 19.7 Å². The molecule has 1 saturated heterocycles. The number of nitro benzene ring substituents is 1. The Morgan fingerprint density at radius 1 is 1.06 bits per heavy atom. The van der Waals surface area contributed by atoms with Crippen molar-refractivity contribution in [2.45, 2.75) is 26.8 Å². The van der Waals surface area contributed by atoms with E-state index in [-0.39, 0.29) is 35.0 Å². The van der Waals surface area contributed by atoms with Gasteiger partial charge in [0.2, 0.25) is 5.91 Å². The molecule has 2 amide bonds. The second-order valence-electron chi connectivity index (χ2n) is 8.52. The number of para-hydroxylation sites is 1. The van der Waals surface area contributed by atoms with Crippen LogP contribution in [0.3, 0.4) is 0 Å². The molecule has 2 N–H and O–H groups in total. The van der Waals surface area contributed by atoms with Crippen LogP contribution in [0.1, 0.15) is 31.1 Å². The fourth-order valence-electron chi connectivity index (χ4n) is 3.85. The van der Waals surface area contributed by atoms with Crippen LogP contribution >= 0.6 is 0 Å². The van der Waals surface area contributed by atoms with Gasteiger partial charge in [0.1, 0.15) is 5.69 Å². The van der Waals surface area contributed by atoms with Gasteiger partial charge in [-0.2, -0.15) is 0 Å². The number of carbonyl (C=O) groups is 2. The van der Waals surface area contributed by atoms with Crippen LogP contribution < -0.4 is 15.5 Å². The summed E-state index contributed by atoms with van der Waals surface area (Å²) in [5.41, 5.74) is 1.57. The lowest BCUT2D eigenvalue weighted by atomic mass is 10.0. The van der Waals surface area contributed by atoms with E-state index in [4.69, 9.17) is 0 Å². The number of nitro groups is 1. The van der Waals surface area contributed by atoms with Crippen LogP contribution in [0.25, 0.3) is 0 Å². The molecule has 1 atom stereocenters. The summed E-state index contributed by atoms with van der Waals surface area (Å²) < 4.78 is 0. The molecule has 3 rings (SSSR count). The predicted molar refractivity (Wildman–Crippen MR) is 129 cm³/mol. The highest BCUT2D eigenvalue weighted by atomic mass is 16.6. The van der Waals surface area contributed by atoms with Gasteiger partial charge in [-0.25, -0.2) is 0 Å². The van der Waals surface area contributed by atoms with Gasteiger partial charge in [0.15, 0.2) is 0 Å². The second kappa shape index (κ2) is 10.8. The third kappa shape index (κ3) is 6.21. The van der Waals surface area contributed by atoms with Crippen molar-refractivity contribution in [3.05, 3.63) is 64.2 Å². The molecule has 33 heavy (non-hydrogen) atoms. The van der Waals surface area contributed by atoms with Gasteiger partial charge in [0.05, 0.1) is 4.92 Å². The van der Waals surface area contributed by atoms with Gasteiger partial charge >= 0.3 is 0 Å². The third-order valence-corrected chi connectivity index (χ3v) is 5.91. The number of anilines is 2. The van der Waals surface area contributed by atoms with Crippen LogP contribution in [-0.4, -0.2) is 60.4 Å². The van der Waals surface area contributed by atoms with Crippen molar-refractivity contribution in [3.8, 4) is 0 Å². The molecule has 1 aliphatic heterocycles. The van der Waals surface area contributed by atoms with Crippen LogP contribution in [0, 0.1) is 16.0 Å². The minimum Gasteiger partial charge on any atom is -0.380 e. The van der Waals surface area contributed by atoms with E-state index in [1.165, 1.54) is 13.0 Å². The van der Waals surface area contributed by atoms with Crippen molar-refractivity contribution >= 4 is 28.9 Å². The van der Waals surface area contributed by atoms with Gasteiger partial charge in [-0.1, -0.05) is 32.0 Å². The maximum absolute atomic E-state index is 12.8. The average Bonchev–Trinajstić information content (AvgIpc) is 2.81. The van der Waals surface area contributed by atoms with Gasteiger partial charge in [-0.05, 0) is 30.2 Å². The molecule has 0 bridgehead atoms. The molecule has 0 saturated carbocycles. The Hall–Kier alpha value is -3.62. The van der Waals surface area contributed by atoms with Crippen molar-refractivity contribution in [2.24, 2.45) is 5.92 Å². The topological polar surface area (TPSA) is 108 Å². The normalized spacial score (nSPS) is 14.7. The molecule has 1 heterocycles. The first-order chi connectivity index (χ1) is 15.8. The lowest BCUT2D eigenvalue weighted by Gasteiger charge is -2.35. The zero-order valence-corrected chi connectivity index (χ0v) is 19.3. The minimum atomic E-state index is -0.461. The highest BCUT2D eigenvalue weighted by molar-refractivity contribution is 5.95. The molecule has 2 aromatic rings. The van der Waals surface area contributed by atoms with Gasteiger partial charge in [0, 0.05) is 63.0 Å². The molecule has 1 unspecified atom stereocenters. The van der Waals surface area contributed by atoms with Gasteiger partial charge in [-0.15, -0.1) is 0 Å². The monoisotopic (exact) mass is 453 g/mol. The van der Waals surface area contributed by atoms with E-state index in [1.807, 2.05) is 35.2 Å². The number of hydrogen-bond donors (Lipinski definition) is 2. The van der Waals surface area contributed by atoms with Crippen molar-refractivity contribution in [1.29, 1.82) is 0 Å². The Morgan fingerprint density at radius 2 is 1.73 bits per heavy atom. The summed E-state index contributed by atoms with van der Waals surface area (Å²) in [5.74, 6) is -0.0972.